The van der Waals surface area contributed by atoms with Crippen molar-refractivity contribution in [3.63, 3.8) is 0 Å². The molecule has 122 valence electrons. The molecule has 8 heteroatoms. The Morgan fingerprint density at radius 1 is 1.17 bits per heavy atom. The molecule has 0 aliphatic carbocycles. The molecule has 23 heavy (non-hydrogen) atoms. The van der Waals surface area contributed by atoms with E-state index in [0.717, 1.165) is 24.3 Å². The smallest absolute Gasteiger partial charge is 0.242 e. The molecule has 0 aliphatic rings. The molecule has 1 amide bonds. The summed E-state index contributed by atoms with van der Waals surface area (Å²) in [6.07, 6.45) is 0. The van der Waals surface area contributed by atoms with Gasteiger partial charge in [0.2, 0.25) is 15.9 Å². The topological polar surface area (TPSA) is 75.3 Å². The maximum Gasteiger partial charge on any atom is 0.242 e. The Morgan fingerprint density at radius 3 is 2.43 bits per heavy atom. The summed E-state index contributed by atoms with van der Waals surface area (Å²) < 4.78 is 39.3. The highest BCUT2D eigenvalue weighted by Gasteiger charge is 2.22. The third-order valence-electron chi connectivity index (χ3n) is 2.94. The summed E-state index contributed by atoms with van der Waals surface area (Å²) in [5.41, 5.74) is 0.454. The number of hydrogen-bond acceptors (Lipinski definition) is 3. The van der Waals surface area contributed by atoms with Gasteiger partial charge >= 0.3 is 0 Å². The number of carbonyl (C=O) groups is 1. The Hall–Kier alpha value is -1.96. The minimum absolute atomic E-state index is 0.124. The summed E-state index contributed by atoms with van der Waals surface area (Å²) in [6, 6.07) is 9.77. The van der Waals surface area contributed by atoms with Gasteiger partial charge in [-0.2, -0.15) is 4.72 Å². The molecule has 1 unspecified atom stereocenters. The fraction of sp³-hybridized carbons (Fsp3) is 0.133. The summed E-state index contributed by atoms with van der Waals surface area (Å²) in [5, 5.41) is 3.00. The summed E-state index contributed by atoms with van der Waals surface area (Å²) >= 11 is 5.81. The molecule has 0 spiro atoms. The van der Waals surface area contributed by atoms with E-state index in [4.69, 9.17) is 11.6 Å². The highest BCUT2D eigenvalue weighted by molar-refractivity contribution is 7.89. The molecule has 1 atom stereocenters. The Bertz CT molecular complexity index is 810. The number of sulfonamides is 1. The Kier molecular flexibility index (Phi) is 5.35. The highest BCUT2D eigenvalue weighted by Crippen LogP contribution is 2.15. The standard InChI is InChI=1S/C15H14ClFN2O3S/c1-10(15(20)18-13-4-2-3-11(16)9-13)19-23(21,22)14-7-5-12(17)6-8-14/h2-10,19H,1H3,(H,18,20). The number of nitrogens with one attached hydrogen (secondary N) is 2. The lowest BCUT2D eigenvalue weighted by molar-refractivity contribution is -0.117. The normalized spacial score (nSPS) is 12.7. The molecule has 2 rings (SSSR count). The molecular weight excluding hydrogens is 343 g/mol. The number of rotatable bonds is 5. The third kappa shape index (κ3) is 4.75. The van der Waals surface area contributed by atoms with Crippen LogP contribution >= 0.6 is 11.6 Å². The van der Waals surface area contributed by atoms with E-state index >= 15 is 0 Å². The molecule has 0 saturated carbocycles. The van der Waals surface area contributed by atoms with Gasteiger partial charge < -0.3 is 5.32 Å². The predicted octanol–water partition coefficient (Wildman–Crippen LogP) is 2.78. The van der Waals surface area contributed by atoms with Crippen molar-refractivity contribution < 1.29 is 17.6 Å². The van der Waals surface area contributed by atoms with Crippen molar-refractivity contribution in [3.8, 4) is 0 Å². The van der Waals surface area contributed by atoms with Gasteiger partial charge in [0.25, 0.3) is 0 Å². The average molecular weight is 357 g/mol. The first-order chi connectivity index (χ1) is 10.8. The molecule has 2 aromatic carbocycles. The maximum atomic E-state index is 12.9. The van der Waals surface area contributed by atoms with Crippen LogP contribution in [0, 0.1) is 5.82 Å². The van der Waals surface area contributed by atoms with Crippen molar-refractivity contribution in [1.82, 2.24) is 4.72 Å². The molecule has 0 aliphatic heterocycles. The zero-order valence-electron chi connectivity index (χ0n) is 12.1. The summed E-state index contributed by atoms with van der Waals surface area (Å²) in [7, 11) is -3.93. The van der Waals surface area contributed by atoms with Crippen LogP contribution in [0.2, 0.25) is 5.02 Å². The average Bonchev–Trinajstić information content (AvgIpc) is 2.47. The first-order valence-electron chi connectivity index (χ1n) is 6.62. The second kappa shape index (κ2) is 7.08. The van der Waals surface area contributed by atoms with E-state index in [2.05, 4.69) is 10.0 Å². The third-order valence-corrected chi connectivity index (χ3v) is 4.73. The van der Waals surface area contributed by atoms with E-state index in [1.54, 1.807) is 24.3 Å². The van der Waals surface area contributed by atoms with Gasteiger partial charge in [-0.1, -0.05) is 17.7 Å². The van der Waals surface area contributed by atoms with Gasteiger partial charge in [0.1, 0.15) is 5.82 Å². The molecule has 5 nitrogen and oxygen atoms in total. The van der Waals surface area contributed by atoms with Gasteiger partial charge in [0.05, 0.1) is 10.9 Å². The van der Waals surface area contributed by atoms with Crippen molar-refractivity contribution in [2.45, 2.75) is 17.9 Å². The van der Waals surface area contributed by atoms with Crippen LogP contribution in [0.15, 0.2) is 53.4 Å². The van der Waals surface area contributed by atoms with Crippen LogP contribution in [0.4, 0.5) is 10.1 Å². The number of benzene rings is 2. The minimum atomic E-state index is -3.93. The largest absolute Gasteiger partial charge is 0.325 e. The fourth-order valence-electron chi connectivity index (χ4n) is 1.78. The summed E-state index contributed by atoms with van der Waals surface area (Å²) in [5.74, 6) is -1.09. The van der Waals surface area contributed by atoms with Crippen LogP contribution in [-0.2, 0) is 14.8 Å². The predicted molar refractivity (Wildman–Crippen MR) is 86.3 cm³/mol. The summed E-state index contributed by atoms with van der Waals surface area (Å²) in [6.45, 7) is 1.40. The maximum absolute atomic E-state index is 12.9. The van der Waals surface area contributed by atoms with Crippen LogP contribution in [0.25, 0.3) is 0 Å². The molecule has 2 N–H and O–H groups in total. The highest BCUT2D eigenvalue weighted by atomic mass is 35.5. The van der Waals surface area contributed by atoms with Gasteiger partial charge in [-0.15, -0.1) is 0 Å². The first-order valence-corrected chi connectivity index (χ1v) is 8.48. The molecule has 0 bridgehead atoms. The number of amides is 1. The van der Waals surface area contributed by atoms with Gasteiger partial charge in [-0.05, 0) is 49.4 Å². The van der Waals surface area contributed by atoms with Crippen LogP contribution in [-0.4, -0.2) is 20.4 Å². The van der Waals surface area contributed by atoms with E-state index in [0.29, 0.717) is 10.7 Å². The summed E-state index contributed by atoms with van der Waals surface area (Å²) in [4.78, 5) is 11.9. The lowest BCUT2D eigenvalue weighted by Gasteiger charge is -2.14. The molecule has 0 fully saturated rings. The van der Waals surface area contributed by atoms with E-state index < -0.39 is 27.8 Å². The Balaban J connectivity index is 2.06. The number of carbonyl (C=O) groups excluding carboxylic acids is 1. The molecule has 0 radical (unpaired) electrons. The van der Waals surface area contributed by atoms with Gasteiger partial charge in [-0.3, -0.25) is 4.79 Å². The Morgan fingerprint density at radius 2 is 1.83 bits per heavy atom. The second-order valence-corrected chi connectivity index (χ2v) is 6.95. The zero-order chi connectivity index (χ0) is 17.0. The van der Waals surface area contributed by atoms with Crippen molar-refractivity contribution in [2.24, 2.45) is 0 Å². The monoisotopic (exact) mass is 356 g/mol. The number of hydrogen-bond donors (Lipinski definition) is 2. The molecule has 0 saturated heterocycles. The lowest BCUT2D eigenvalue weighted by Crippen LogP contribution is -2.41. The van der Waals surface area contributed by atoms with Crippen molar-refractivity contribution in [1.29, 1.82) is 0 Å². The molecule has 0 heterocycles. The van der Waals surface area contributed by atoms with Crippen molar-refractivity contribution in [3.05, 3.63) is 59.4 Å². The number of anilines is 1. The quantitative estimate of drug-likeness (QED) is 0.865. The molecule has 0 aromatic heterocycles. The zero-order valence-corrected chi connectivity index (χ0v) is 13.7. The minimum Gasteiger partial charge on any atom is -0.325 e. The van der Waals surface area contributed by atoms with Crippen molar-refractivity contribution in [2.75, 3.05) is 5.32 Å². The molecule has 2 aromatic rings. The fourth-order valence-corrected chi connectivity index (χ4v) is 3.18. The SMILES string of the molecule is CC(NS(=O)(=O)c1ccc(F)cc1)C(=O)Nc1cccc(Cl)c1. The van der Waals surface area contributed by atoms with Crippen LogP contribution in [0.3, 0.4) is 0 Å². The molecular formula is C15H14ClFN2O3S. The second-order valence-electron chi connectivity index (χ2n) is 4.80. The van der Waals surface area contributed by atoms with Gasteiger partial charge in [0.15, 0.2) is 0 Å². The van der Waals surface area contributed by atoms with E-state index in [9.17, 15) is 17.6 Å². The van der Waals surface area contributed by atoms with Crippen LogP contribution in [0.1, 0.15) is 6.92 Å². The number of halogens is 2. The van der Waals surface area contributed by atoms with Crippen LogP contribution in [0.5, 0.6) is 0 Å². The van der Waals surface area contributed by atoms with Gasteiger partial charge in [-0.25, -0.2) is 12.8 Å². The lowest BCUT2D eigenvalue weighted by atomic mass is 10.3. The van der Waals surface area contributed by atoms with E-state index in [1.807, 2.05) is 0 Å². The van der Waals surface area contributed by atoms with Gasteiger partial charge in [0, 0.05) is 10.7 Å². The van der Waals surface area contributed by atoms with Crippen LogP contribution < -0.4 is 10.0 Å². The Labute approximate surface area is 138 Å². The van der Waals surface area contributed by atoms with Crippen molar-refractivity contribution >= 4 is 33.2 Å². The first kappa shape index (κ1) is 17.4. The van der Waals surface area contributed by atoms with E-state index in [-0.39, 0.29) is 4.90 Å². The van der Waals surface area contributed by atoms with E-state index in [1.165, 1.54) is 6.92 Å².